The zero-order valence-corrected chi connectivity index (χ0v) is 11.3. The van der Waals surface area contributed by atoms with Crippen LogP contribution in [0, 0.1) is 11.3 Å². The van der Waals surface area contributed by atoms with E-state index in [2.05, 4.69) is 53.3 Å². The van der Waals surface area contributed by atoms with Gasteiger partial charge in [-0.05, 0) is 43.9 Å². The van der Waals surface area contributed by atoms with Crippen LogP contribution in [0.25, 0.3) is 0 Å². The van der Waals surface area contributed by atoms with E-state index in [9.17, 15) is 0 Å². The average Bonchev–Trinajstić information content (AvgIpc) is 1.99. The third-order valence-electron chi connectivity index (χ3n) is 2.37. The van der Waals surface area contributed by atoms with Crippen molar-refractivity contribution >= 4 is 0 Å². The second kappa shape index (κ2) is 6.87. The zero-order valence-electron chi connectivity index (χ0n) is 11.3. The third kappa shape index (κ3) is 11.4. The van der Waals surface area contributed by atoms with E-state index in [0.29, 0.717) is 11.3 Å². The van der Waals surface area contributed by atoms with Crippen molar-refractivity contribution in [1.82, 2.24) is 0 Å². The van der Waals surface area contributed by atoms with Gasteiger partial charge >= 0.3 is 0 Å². The van der Waals surface area contributed by atoms with Crippen LogP contribution in [-0.2, 0) is 0 Å². The van der Waals surface area contributed by atoms with Gasteiger partial charge in [-0.25, -0.2) is 0 Å². The Hall–Kier alpha value is -0.520. The normalized spacial score (nSPS) is 14.5. The number of hydrogen-bond donors (Lipinski definition) is 0. The second-order valence-corrected chi connectivity index (χ2v) is 6.02. The number of allylic oxidation sites excluding steroid dienone is 3. The van der Waals surface area contributed by atoms with Gasteiger partial charge in [-0.3, -0.25) is 0 Å². The maximum absolute atomic E-state index is 3.91. The summed E-state index contributed by atoms with van der Waals surface area (Å²) >= 11 is 0. The second-order valence-electron chi connectivity index (χ2n) is 6.02. The lowest BCUT2D eigenvalue weighted by atomic mass is 9.85. The summed E-state index contributed by atoms with van der Waals surface area (Å²) < 4.78 is 0. The molecule has 0 fully saturated rings. The molecule has 1 atom stereocenters. The molecule has 0 N–H and O–H groups in total. The fourth-order valence-electron chi connectivity index (χ4n) is 1.88. The molecule has 0 aliphatic carbocycles. The van der Waals surface area contributed by atoms with Crippen molar-refractivity contribution in [3.63, 3.8) is 0 Å². The Labute approximate surface area is 96.5 Å². The molecular formula is C15H28. The first-order valence-electron chi connectivity index (χ1n) is 6.12. The summed E-state index contributed by atoms with van der Waals surface area (Å²) in [5.74, 6) is 0.704. The van der Waals surface area contributed by atoms with Crippen molar-refractivity contribution in [3.05, 3.63) is 24.3 Å². The summed E-state index contributed by atoms with van der Waals surface area (Å²) in [6, 6.07) is 0. The summed E-state index contributed by atoms with van der Waals surface area (Å²) in [7, 11) is 0. The van der Waals surface area contributed by atoms with Gasteiger partial charge in [0.15, 0.2) is 0 Å². The summed E-state index contributed by atoms with van der Waals surface area (Å²) in [4.78, 5) is 0. The van der Waals surface area contributed by atoms with Gasteiger partial charge in [-0.15, -0.1) is 6.58 Å². The summed E-state index contributed by atoms with van der Waals surface area (Å²) in [5, 5.41) is 0. The van der Waals surface area contributed by atoms with E-state index in [0.717, 1.165) is 6.42 Å². The Morgan fingerprint density at radius 1 is 1.33 bits per heavy atom. The SMILES string of the molecule is C=C(C)CCCC=CC(C)CC(C)(C)C. The highest BCUT2D eigenvalue weighted by Gasteiger charge is 2.12. The van der Waals surface area contributed by atoms with Gasteiger partial charge in [0, 0.05) is 0 Å². The molecule has 0 aliphatic heterocycles. The molecule has 0 aromatic heterocycles. The monoisotopic (exact) mass is 208 g/mol. The van der Waals surface area contributed by atoms with Crippen LogP contribution in [0.3, 0.4) is 0 Å². The molecule has 0 saturated carbocycles. The van der Waals surface area contributed by atoms with Crippen molar-refractivity contribution < 1.29 is 0 Å². The topological polar surface area (TPSA) is 0 Å². The van der Waals surface area contributed by atoms with Gasteiger partial charge < -0.3 is 0 Å². The highest BCUT2D eigenvalue weighted by atomic mass is 14.2. The quantitative estimate of drug-likeness (QED) is 0.407. The molecule has 0 rings (SSSR count). The predicted octanol–water partition coefficient (Wildman–Crippen LogP) is 5.36. The molecule has 0 radical (unpaired) electrons. The predicted molar refractivity (Wildman–Crippen MR) is 71.0 cm³/mol. The van der Waals surface area contributed by atoms with E-state index in [1.807, 2.05) is 0 Å². The lowest BCUT2D eigenvalue weighted by Gasteiger charge is -2.21. The minimum absolute atomic E-state index is 0.446. The van der Waals surface area contributed by atoms with E-state index < -0.39 is 0 Å². The summed E-state index contributed by atoms with van der Waals surface area (Å²) in [5.41, 5.74) is 1.74. The number of rotatable bonds is 6. The first-order chi connectivity index (χ1) is 6.81. The smallest absolute Gasteiger partial charge is 0.0257 e. The summed E-state index contributed by atoms with van der Waals surface area (Å²) in [6.45, 7) is 15.2. The Bertz CT molecular complexity index is 203. The molecule has 0 bridgehead atoms. The van der Waals surface area contributed by atoms with Crippen LogP contribution in [0.2, 0.25) is 0 Å². The zero-order chi connectivity index (χ0) is 11.9. The lowest BCUT2D eigenvalue weighted by molar-refractivity contribution is 0.336. The molecule has 1 unspecified atom stereocenters. The molecule has 0 aromatic rings. The molecule has 0 heterocycles. The molecule has 0 amide bonds. The van der Waals surface area contributed by atoms with Gasteiger partial charge in [0.05, 0.1) is 0 Å². The van der Waals surface area contributed by atoms with Crippen molar-refractivity contribution in [1.29, 1.82) is 0 Å². The van der Waals surface area contributed by atoms with Gasteiger partial charge in [0.2, 0.25) is 0 Å². The van der Waals surface area contributed by atoms with Gasteiger partial charge in [0.1, 0.15) is 0 Å². The fourth-order valence-corrected chi connectivity index (χ4v) is 1.88. The molecule has 0 aliphatic rings. The van der Waals surface area contributed by atoms with Crippen LogP contribution in [0.4, 0.5) is 0 Å². The van der Waals surface area contributed by atoms with E-state index in [1.165, 1.54) is 24.8 Å². The van der Waals surface area contributed by atoms with Gasteiger partial charge in [-0.1, -0.05) is 45.4 Å². The van der Waals surface area contributed by atoms with Crippen LogP contribution < -0.4 is 0 Å². The highest BCUT2D eigenvalue weighted by Crippen LogP contribution is 2.24. The molecule has 0 spiro atoms. The minimum atomic E-state index is 0.446. The Balaban J connectivity index is 3.63. The largest absolute Gasteiger partial charge is 0.100 e. The summed E-state index contributed by atoms with van der Waals surface area (Å²) in [6.07, 6.45) is 9.57. The molecular weight excluding hydrogens is 180 g/mol. The standard InChI is InChI=1S/C15H28/c1-13(2)10-8-7-9-11-14(3)12-15(4,5)6/h9,11,14H,1,7-8,10,12H2,2-6H3. The minimum Gasteiger partial charge on any atom is -0.100 e. The van der Waals surface area contributed by atoms with Crippen LogP contribution in [0.5, 0.6) is 0 Å². The van der Waals surface area contributed by atoms with Crippen LogP contribution in [0.15, 0.2) is 24.3 Å². The van der Waals surface area contributed by atoms with E-state index in [4.69, 9.17) is 0 Å². The molecule has 0 aromatic carbocycles. The first kappa shape index (κ1) is 14.5. The third-order valence-corrected chi connectivity index (χ3v) is 2.37. The van der Waals surface area contributed by atoms with E-state index in [-0.39, 0.29) is 0 Å². The van der Waals surface area contributed by atoms with Crippen LogP contribution >= 0.6 is 0 Å². The Morgan fingerprint density at radius 3 is 2.40 bits per heavy atom. The lowest BCUT2D eigenvalue weighted by Crippen LogP contribution is -2.09. The fraction of sp³-hybridized carbons (Fsp3) is 0.733. The Kier molecular flexibility index (Phi) is 6.63. The van der Waals surface area contributed by atoms with Crippen LogP contribution in [-0.4, -0.2) is 0 Å². The van der Waals surface area contributed by atoms with E-state index in [1.54, 1.807) is 0 Å². The van der Waals surface area contributed by atoms with Crippen molar-refractivity contribution in [2.45, 2.75) is 60.3 Å². The van der Waals surface area contributed by atoms with Crippen molar-refractivity contribution in [2.24, 2.45) is 11.3 Å². The Morgan fingerprint density at radius 2 is 1.93 bits per heavy atom. The number of unbranched alkanes of at least 4 members (excludes halogenated alkanes) is 1. The molecule has 0 heteroatoms. The number of hydrogen-bond acceptors (Lipinski definition) is 0. The molecule has 15 heavy (non-hydrogen) atoms. The van der Waals surface area contributed by atoms with Gasteiger partial charge in [0.25, 0.3) is 0 Å². The van der Waals surface area contributed by atoms with Gasteiger partial charge in [-0.2, -0.15) is 0 Å². The van der Waals surface area contributed by atoms with Crippen molar-refractivity contribution in [2.75, 3.05) is 0 Å². The average molecular weight is 208 g/mol. The van der Waals surface area contributed by atoms with Crippen molar-refractivity contribution in [3.8, 4) is 0 Å². The maximum Gasteiger partial charge on any atom is -0.0257 e. The van der Waals surface area contributed by atoms with Crippen LogP contribution in [0.1, 0.15) is 60.3 Å². The van der Waals surface area contributed by atoms with E-state index >= 15 is 0 Å². The molecule has 88 valence electrons. The molecule has 0 saturated heterocycles. The maximum atomic E-state index is 3.91. The first-order valence-corrected chi connectivity index (χ1v) is 6.12. The molecule has 0 nitrogen and oxygen atoms in total. The highest BCUT2D eigenvalue weighted by molar-refractivity contribution is 4.91.